The highest BCUT2D eigenvalue weighted by Gasteiger charge is 2.20. The number of piperidine rings is 1. The lowest BCUT2D eigenvalue weighted by atomic mass is 10.0. The van der Waals surface area contributed by atoms with Gasteiger partial charge in [-0.1, -0.05) is 23.8 Å². The van der Waals surface area contributed by atoms with Crippen LogP contribution < -0.4 is 15.0 Å². The molecule has 2 aromatic carbocycles. The maximum Gasteiger partial charge on any atom is 0.344 e. The highest BCUT2D eigenvalue weighted by Crippen LogP contribution is 2.25. The van der Waals surface area contributed by atoms with Crippen LogP contribution in [-0.2, 0) is 11.2 Å². The van der Waals surface area contributed by atoms with Crippen LogP contribution in [0.2, 0.25) is 0 Å². The first-order chi connectivity index (χ1) is 14.8. The summed E-state index contributed by atoms with van der Waals surface area (Å²) in [5.74, 6) is -0.534. The molecule has 0 radical (unpaired) electrons. The van der Waals surface area contributed by atoms with E-state index in [4.69, 9.17) is 9.84 Å². The van der Waals surface area contributed by atoms with Gasteiger partial charge in [-0.25, -0.2) is 4.79 Å². The number of aryl methyl sites for hydroxylation is 1. The Kier molecular flexibility index (Phi) is 7.55. The minimum Gasteiger partial charge on any atom is -0.479 e. The van der Waals surface area contributed by atoms with Crippen LogP contribution in [-0.4, -0.2) is 42.2 Å². The molecule has 31 heavy (non-hydrogen) atoms. The van der Waals surface area contributed by atoms with Gasteiger partial charge in [-0.2, -0.15) is 0 Å². The first kappa shape index (κ1) is 22.7. The Labute approximate surface area is 184 Å². The summed E-state index contributed by atoms with van der Waals surface area (Å²) in [6.07, 6.45) is 3.35. The zero-order chi connectivity index (χ0) is 22.4. The maximum absolute atomic E-state index is 13.1. The molecule has 2 aromatic rings. The summed E-state index contributed by atoms with van der Waals surface area (Å²) < 4.78 is 5.37. The fraction of sp³-hybridized carbons (Fsp3) is 0.440. The van der Waals surface area contributed by atoms with Crippen molar-refractivity contribution in [1.29, 1.82) is 0 Å². The van der Waals surface area contributed by atoms with E-state index in [0.717, 1.165) is 48.3 Å². The first-order valence-electron chi connectivity index (χ1n) is 11.0. The molecular weight excluding hydrogens is 392 g/mol. The predicted octanol–water partition coefficient (Wildman–Crippen LogP) is 4.20. The summed E-state index contributed by atoms with van der Waals surface area (Å²) in [5, 5.41) is 12.1. The Hall–Kier alpha value is -3.02. The summed E-state index contributed by atoms with van der Waals surface area (Å²) in [6, 6.07) is 13.4. The minimum absolute atomic E-state index is 0.0491. The van der Waals surface area contributed by atoms with Gasteiger partial charge in [-0.3, -0.25) is 4.79 Å². The van der Waals surface area contributed by atoms with Gasteiger partial charge in [-0.15, -0.1) is 0 Å². The molecule has 6 heteroatoms. The van der Waals surface area contributed by atoms with Gasteiger partial charge in [0.1, 0.15) is 5.75 Å². The summed E-state index contributed by atoms with van der Waals surface area (Å²) >= 11 is 0. The number of benzene rings is 2. The van der Waals surface area contributed by atoms with E-state index in [2.05, 4.69) is 22.3 Å². The number of carboxylic acid groups (broad SMARTS) is 1. The van der Waals surface area contributed by atoms with Crippen molar-refractivity contribution in [1.82, 2.24) is 5.32 Å². The Balaban J connectivity index is 1.63. The van der Waals surface area contributed by atoms with E-state index in [0.29, 0.717) is 12.2 Å². The molecule has 0 aliphatic carbocycles. The van der Waals surface area contributed by atoms with Gasteiger partial charge in [0, 0.05) is 24.8 Å². The summed E-state index contributed by atoms with van der Waals surface area (Å²) in [5.41, 5.74) is 3.87. The summed E-state index contributed by atoms with van der Waals surface area (Å²) in [7, 11) is 0. The molecule has 166 valence electrons. The Morgan fingerprint density at radius 3 is 2.39 bits per heavy atom. The number of carbonyl (C=O) groups is 2. The molecule has 2 unspecified atom stereocenters. The highest BCUT2D eigenvalue weighted by molar-refractivity contribution is 6.00. The van der Waals surface area contributed by atoms with Crippen molar-refractivity contribution in [2.24, 2.45) is 0 Å². The van der Waals surface area contributed by atoms with Gasteiger partial charge in [0.2, 0.25) is 0 Å². The molecule has 6 nitrogen and oxygen atoms in total. The van der Waals surface area contributed by atoms with Crippen LogP contribution in [0.15, 0.2) is 42.5 Å². The Morgan fingerprint density at radius 1 is 1.06 bits per heavy atom. The Bertz CT molecular complexity index is 904. The molecule has 1 amide bonds. The largest absolute Gasteiger partial charge is 0.479 e. The third-order valence-corrected chi connectivity index (χ3v) is 5.60. The maximum atomic E-state index is 13.1. The topological polar surface area (TPSA) is 78.9 Å². The van der Waals surface area contributed by atoms with E-state index in [9.17, 15) is 9.59 Å². The van der Waals surface area contributed by atoms with Gasteiger partial charge in [0.25, 0.3) is 5.91 Å². The minimum atomic E-state index is -1.000. The molecule has 2 N–H and O–H groups in total. The zero-order valence-electron chi connectivity index (χ0n) is 18.6. The van der Waals surface area contributed by atoms with Crippen molar-refractivity contribution in [3.63, 3.8) is 0 Å². The van der Waals surface area contributed by atoms with Crippen LogP contribution in [0, 0.1) is 6.92 Å². The number of hydrogen-bond donors (Lipinski definition) is 2. The lowest BCUT2D eigenvalue weighted by Gasteiger charge is -2.30. The van der Waals surface area contributed by atoms with E-state index < -0.39 is 12.1 Å². The second-order valence-corrected chi connectivity index (χ2v) is 8.39. The predicted molar refractivity (Wildman–Crippen MR) is 122 cm³/mol. The number of carbonyl (C=O) groups excluding carboxylic acids is 1. The van der Waals surface area contributed by atoms with E-state index in [1.807, 2.05) is 32.0 Å². The molecule has 3 rings (SSSR count). The van der Waals surface area contributed by atoms with Crippen molar-refractivity contribution in [2.45, 2.75) is 58.6 Å². The number of nitrogens with one attached hydrogen (secondary N) is 1. The second kappa shape index (κ2) is 10.3. The number of rotatable bonds is 8. The smallest absolute Gasteiger partial charge is 0.344 e. The van der Waals surface area contributed by atoms with Gasteiger partial charge < -0.3 is 20.1 Å². The van der Waals surface area contributed by atoms with Crippen LogP contribution in [0.5, 0.6) is 5.75 Å². The van der Waals surface area contributed by atoms with E-state index in [1.165, 1.54) is 13.3 Å². The summed E-state index contributed by atoms with van der Waals surface area (Å²) in [6.45, 7) is 7.49. The van der Waals surface area contributed by atoms with Crippen LogP contribution in [0.1, 0.15) is 54.6 Å². The van der Waals surface area contributed by atoms with Crippen LogP contribution in [0.4, 0.5) is 5.69 Å². The van der Waals surface area contributed by atoms with Crippen LogP contribution in [0.3, 0.4) is 0 Å². The van der Waals surface area contributed by atoms with Crippen molar-refractivity contribution in [2.75, 3.05) is 18.0 Å². The zero-order valence-corrected chi connectivity index (χ0v) is 18.6. The molecule has 1 aliphatic rings. The highest BCUT2D eigenvalue weighted by atomic mass is 16.5. The van der Waals surface area contributed by atoms with E-state index in [-0.39, 0.29) is 11.9 Å². The molecule has 1 heterocycles. The lowest BCUT2D eigenvalue weighted by molar-refractivity contribution is -0.144. The van der Waals surface area contributed by atoms with Gasteiger partial charge in [-0.05, 0) is 76.3 Å². The number of anilines is 1. The van der Waals surface area contributed by atoms with Gasteiger partial charge in [0.15, 0.2) is 6.10 Å². The standard InChI is InChI=1S/C25H32N2O4/c1-17-7-12-23(27-13-5-4-6-14-27)22(15-17)24(28)26-18(2)16-20-8-10-21(11-9-20)31-19(3)25(29)30/h7-12,15,18-19H,4-6,13-14,16H2,1-3H3,(H,26,28)(H,29,30). The fourth-order valence-corrected chi connectivity index (χ4v) is 3.91. The number of ether oxygens (including phenoxy) is 1. The monoisotopic (exact) mass is 424 g/mol. The molecule has 0 saturated carbocycles. The SMILES string of the molecule is Cc1ccc(N2CCCCC2)c(C(=O)NC(C)Cc2ccc(OC(C)C(=O)O)cc2)c1. The number of amides is 1. The number of hydrogen-bond acceptors (Lipinski definition) is 4. The third-order valence-electron chi connectivity index (χ3n) is 5.60. The van der Waals surface area contributed by atoms with Crippen molar-refractivity contribution in [3.05, 3.63) is 59.2 Å². The second-order valence-electron chi connectivity index (χ2n) is 8.39. The van der Waals surface area contributed by atoms with Gasteiger partial charge in [0.05, 0.1) is 5.56 Å². The van der Waals surface area contributed by atoms with Crippen LogP contribution in [0.25, 0.3) is 0 Å². The van der Waals surface area contributed by atoms with Crippen molar-refractivity contribution in [3.8, 4) is 5.75 Å². The summed E-state index contributed by atoms with van der Waals surface area (Å²) in [4.78, 5) is 26.3. The van der Waals surface area contributed by atoms with Crippen molar-refractivity contribution >= 4 is 17.6 Å². The molecule has 1 aliphatic heterocycles. The average Bonchev–Trinajstić information content (AvgIpc) is 2.75. The molecule has 2 atom stereocenters. The molecule has 0 aromatic heterocycles. The van der Waals surface area contributed by atoms with E-state index in [1.54, 1.807) is 12.1 Å². The molecule has 1 saturated heterocycles. The molecule has 0 bridgehead atoms. The fourth-order valence-electron chi connectivity index (χ4n) is 3.91. The molecule has 1 fully saturated rings. The third kappa shape index (κ3) is 6.23. The van der Waals surface area contributed by atoms with Crippen LogP contribution >= 0.6 is 0 Å². The molecule has 0 spiro atoms. The number of nitrogens with zero attached hydrogens (tertiary/aromatic N) is 1. The van der Waals surface area contributed by atoms with Gasteiger partial charge >= 0.3 is 5.97 Å². The number of aliphatic carboxylic acids is 1. The lowest BCUT2D eigenvalue weighted by Crippen LogP contribution is -2.36. The quantitative estimate of drug-likeness (QED) is 0.664. The van der Waals surface area contributed by atoms with Crippen molar-refractivity contribution < 1.29 is 19.4 Å². The first-order valence-corrected chi connectivity index (χ1v) is 11.0. The van der Waals surface area contributed by atoms with E-state index >= 15 is 0 Å². The normalized spacial score (nSPS) is 15.8. The Morgan fingerprint density at radius 2 is 1.74 bits per heavy atom. The number of carboxylic acids is 1. The average molecular weight is 425 g/mol. The molecular formula is C25H32N2O4.